The lowest BCUT2D eigenvalue weighted by molar-refractivity contribution is -0.164. The van der Waals surface area contributed by atoms with Crippen LogP contribution in [0.5, 0.6) is 0 Å². The molecule has 3 N–H and O–H groups in total. The first kappa shape index (κ1) is 14.9. The Balaban J connectivity index is 4.65. The molecule has 0 aromatic heterocycles. The Morgan fingerprint density at radius 3 is 2.19 bits per heavy atom. The van der Waals surface area contributed by atoms with Gasteiger partial charge in [0.25, 0.3) is 0 Å². The second kappa shape index (κ2) is 5.84. The maximum Gasteiger partial charge on any atom is 0.321 e. The number of carbonyl (C=O) groups is 2. The van der Waals surface area contributed by atoms with Crippen molar-refractivity contribution in [3.63, 3.8) is 0 Å². The molecule has 0 saturated heterocycles. The molecule has 0 aromatic rings. The van der Waals surface area contributed by atoms with Crippen molar-refractivity contribution < 1.29 is 19.4 Å². The number of rotatable bonds is 5. The van der Waals surface area contributed by atoms with E-state index in [1.54, 1.807) is 20.8 Å². The van der Waals surface area contributed by atoms with Crippen LogP contribution in [-0.4, -0.2) is 28.7 Å². The van der Waals surface area contributed by atoms with Gasteiger partial charge in [-0.05, 0) is 27.2 Å². The lowest BCUT2D eigenvalue weighted by Gasteiger charge is -2.25. The van der Waals surface area contributed by atoms with Gasteiger partial charge in [0.2, 0.25) is 0 Å². The van der Waals surface area contributed by atoms with E-state index in [1.807, 2.05) is 6.92 Å². The van der Waals surface area contributed by atoms with Crippen molar-refractivity contribution in [3.8, 4) is 0 Å². The number of hydrogen-bond acceptors (Lipinski definition) is 4. The van der Waals surface area contributed by atoms with Crippen LogP contribution in [0, 0.1) is 5.92 Å². The van der Waals surface area contributed by atoms with E-state index >= 15 is 0 Å². The number of ether oxygens (including phenoxy) is 1. The van der Waals surface area contributed by atoms with E-state index in [0.29, 0.717) is 12.8 Å². The molecule has 5 nitrogen and oxygen atoms in total. The monoisotopic (exact) mass is 231 g/mol. The third-order valence-corrected chi connectivity index (χ3v) is 2.03. The van der Waals surface area contributed by atoms with Crippen LogP contribution in [-0.2, 0) is 14.3 Å². The average Bonchev–Trinajstić information content (AvgIpc) is 2.09. The summed E-state index contributed by atoms with van der Waals surface area (Å²) < 4.78 is 5.14. The predicted octanol–water partition coefficient (Wildman–Crippen LogP) is 1.16. The van der Waals surface area contributed by atoms with Gasteiger partial charge >= 0.3 is 11.9 Å². The molecular weight excluding hydrogens is 210 g/mol. The topological polar surface area (TPSA) is 89.6 Å². The summed E-state index contributed by atoms with van der Waals surface area (Å²) >= 11 is 0. The van der Waals surface area contributed by atoms with E-state index in [9.17, 15) is 9.59 Å². The molecule has 0 saturated carbocycles. The van der Waals surface area contributed by atoms with Crippen molar-refractivity contribution >= 4 is 11.9 Å². The summed E-state index contributed by atoms with van der Waals surface area (Å²) in [5, 5.41) is 8.79. The summed E-state index contributed by atoms with van der Waals surface area (Å²) in [4.78, 5) is 22.5. The van der Waals surface area contributed by atoms with Crippen LogP contribution in [0.2, 0.25) is 0 Å². The van der Waals surface area contributed by atoms with Gasteiger partial charge in [-0.1, -0.05) is 13.3 Å². The molecule has 94 valence electrons. The van der Waals surface area contributed by atoms with Gasteiger partial charge in [0.1, 0.15) is 11.6 Å². The molecule has 0 aliphatic rings. The molecule has 0 aromatic carbocycles. The van der Waals surface area contributed by atoms with Gasteiger partial charge in [0.05, 0.1) is 5.92 Å². The lowest BCUT2D eigenvalue weighted by atomic mass is 9.95. The molecule has 0 radical (unpaired) electrons. The minimum atomic E-state index is -1.20. The van der Waals surface area contributed by atoms with E-state index in [-0.39, 0.29) is 0 Å². The highest BCUT2D eigenvalue weighted by atomic mass is 16.6. The predicted molar refractivity (Wildman–Crippen MR) is 59.9 cm³/mol. The van der Waals surface area contributed by atoms with Crippen molar-refractivity contribution in [1.82, 2.24) is 0 Å². The quantitative estimate of drug-likeness (QED) is 0.693. The molecule has 16 heavy (non-hydrogen) atoms. The Kier molecular flexibility index (Phi) is 5.44. The fourth-order valence-corrected chi connectivity index (χ4v) is 1.30. The number of nitrogens with two attached hydrogens (primary N) is 1. The summed E-state index contributed by atoms with van der Waals surface area (Å²) in [7, 11) is 0. The van der Waals surface area contributed by atoms with Crippen LogP contribution < -0.4 is 5.73 Å². The van der Waals surface area contributed by atoms with Gasteiger partial charge in [-0.2, -0.15) is 0 Å². The SMILES string of the molecule is CCC[C@H](C(=O)OC(C)(C)C)[C@H](N)C(=O)O. The summed E-state index contributed by atoms with van der Waals surface area (Å²) in [6.45, 7) is 7.08. The molecule has 2 atom stereocenters. The summed E-state index contributed by atoms with van der Waals surface area (Å²) in [6.07, 6.45) is 1.10. The zero-order chi connectivity index (χ0) is 12.9. The normalized spacial score (nSPS) is 15.3. The van der Waals surface area contributed by atoms with Crippen LogP contribution >= 0.6 is 0 Å². The van der Waals surface area contributed by atoms with E-state index < -0.39 is 29.5 Å². The second-order valence-electron chi connectivity index (χ2n) is 4.79. The zero-order valence-corrected chi connectivity index (χ0v) is 10.3. The van der Waals surface area contributed by atoms with Gasteiger partial charge < -0.3 is 15.6 Å². The number of aliphatic carboxylic acids is 1. The number of carbonyl (C=O) groups excluding carboxylic acids is 1. The van der Waals surface area contributed by atoms with Gasteiger partial charge in [0.15, 0.2) is 0 Å². The van der Waals surface area contributed by atoms with Crippen molar-refractivity contribution in [2.24, 2.45) is 11.7 Å². The number of esters is 1. The third kappa shape index (κ3) is 5.11. The molecule has 5 heteroatoms. The largest absolute Gasteiger partial charge is 0.480 e. The molecule has 0 spiro atoms. The Bertz CT molecular complexity index is 257. The van der Waals surface area contributed by atoms with Crippen molar-refractivity contribution in [1.29, 1.82) is 0 Å². The highest BCUT2D eigenvalue weighted by Crippen LogP contribution is 2.17. The summed E-state index contributed by atoms with van der Waals surface area (Å²) in [5.74, 6) is -2.49. The first-order valence-electron chi connectivity index (χ1n) is 5.40. The number of carboxylic acid groups (broad SMARTS) is 1. The minimum Gasteiger partial charge on any atom is -0.480 e. The molecule has 0 fully saturated rings. The summed E-state index contributed by atoms with van der Waals surface area (Å²) in [6, 6.07) is -1.20. The van der Waals surface area contributed by atoms with Crippen LogP contribution in [0.1, 0.15) is 40.5 Å². The standard InChI is InChI=1S/C11H21NO4/c1-5-6-7(8(12)9(13)14)10(15)16-11(2,3)4/h7-8H,5-6,12H2,1-4H3,(H,13,14)/t7-,8-/m0/s1. The first-order chi connectivity index (χ1) is 7.19. The van der Waals surface area contributed by atoms with E-state index in [0.717, 1.165) is 0 Å². The van der Waals surface area contributed by atoms with Crippen molar-refractivity contribution in [2.45, 2.75) is 52.2 Å². The van der Waals surface area contributed by atoms with Gasteiger partial charge in [-0.15, -0.1) is 0 Å². The Morgan fingerprint density at radius 2 is 1.88 bits per heavy atom. The van der Waals surface area contributed by atoms with Gasteiger partial charge in [-0.3, -0.25) is 9.59 Å². The number of carboxylic acids is 1. The van der Waals surface area contributed by atoms with E-state index in [1.165, 1.54) is 0 Å². The number of hydrogen-bond donors (Lipinski definition) is 2. The lowest BCUT2D eigenvalue weighted by Crippen LogP contribution is -2.44. The minimum absolute atomic E-state index is 0.419. The molecule has 0 unspecified atom stereocenters. The van der Waals surface area contributed by atoms with Crippen LogP contribution in [0.25, 0.3) is 0 Å². The maximum atomic E-state index is 11.7. The zero-order valence-electron chi connectivity index (χ0n) is 10.3. The van der Waals surface area contributed by atoms with Crippen molar-refractivity contribution in [3.05, 3.63) is 0 Å². The third-order valence-electron chi connectivity index (χ3n) is 2.03. The van der Waals surface area contributed by atoms with E-state index in [4.69, 9.17) is 15.6 Å². The van der Waals surface area contributed by atoms with Crippen molar-refractivity contribution in [2.75, 3.05) is 0 Å². The molecule has 0 aliphatic heterocycles. The maximum absolute atomic E-state index is 11.7. The highest BCUT2D eigenvalue weighted by Gasteiger charge is 2.33. The Morgan fingerprint density at radius 1 is 1.38 bits per heavy atom. The molecule has 0 amide bonds. The van der Waals surface area contributed by atoms with Crippen LogP contribution in [0.3, 0.4) is 0 Å². The molecule has 0 heterocycles. The molecule has 0 rings (SSSR count). The Labute approximate surface area is 96.0 Å². The fraction of sp³-hybridized carbons (Fsp3) is 0.818. The van der Waals surface area contributed by atoms with Gasteiger partial charge in [0, 0.05) is 0 Å². The van der Waals surface area contributed by atoms with E-state index in [2.05, 4.69) is 0 Å². The Hall–Kier alpha value is -1.10. The fourth-order valence-electron chi connectivity index (χ4n) is 1.30. The molecule has 0 aliphatic carbocycles. The van der Waals surface area contributed by atoms with Crippen LogP contribution in [0.15, 0.2) is 0 Å². The smallest absolute Gasteiger partial charge is 0.321 e. The average molecular weight is 231 g/mol. The molecule has 0 bridgehead atoms. The summed E-state index contributed by atoms with van der Waals surface area (Å²) in [5.41, 5.74) is 4.84. The van der Waals surface area contributed by atoms with Crippen LogP contribution in [0.4, 0.5) is 0 Å². The second-order valence-corrected chi connectivity index (χ2v) is 4.79. The first-order valence-corrected chi connectivity index (χ1v) is 5.40. The highest BCUT2D eigenvalue weighted by molar-refractivity contribution is 5.83. The van der Waals surface area contributed by atoms with Gasteiger partial charge in [-0.25, -0.2) is 0 Å². The molecular formula is C11H21NO4.